The van der Waals surface area contributed by atoms with Crippen LogP contribution in [-0.4, -0.2) is 29.6 Å². The van der Waals surface area contributed by atoms with Gasteiger partial charge in [-0.05, 0) is 18.1 Å². The third-order valence-electron chi connectivity index (χ3n) is 2.45. The van der Waals surface area contributed by atoms with Crippen molar-refractivity contribution >= 4 is 11.9 Å². The van der Waals surface area contributed by atoms with Gasteiger partial charge in [0.15, 0.2) is 0 Å². The topological polar surface area (TPSA) is 92.4 Å². The molecular weight excluding hydrogens is 220 g/mol. The van der Waals surface area contributed by atoms with E-state index in [0.717, 1.165) is 11.1 Å². The van der Waals surface area contributed by atoms with E-state index in [1.807, 2.05) is 31.2 Å². The van der Waals surface area contributed by atoms with Crippen LogP contribution in [0.15, 0.2) is 24.3 Å². The number of hydrogen-bond acceptors (Lipinski definition) is 3. The highest BCUT2D eigenvalue weighted by molar-refractivity contribution is 5.80. The Morgan fingerprint density at radius 2 is 2.06 bits per heavy atom. The largest absolute Gasteiger partial charge is 0.480 e. The lowest BCUT2D eigenvalue weighted by atomic mass is 10.1. The third kappa shape index (κ3) is 4.24. The monoisotopic (exact) mass is 236 g/mol. The Morgan fingerprint density at radius 3 is 2.65 bits per heavy atom. The molecule has 1 aromatic rings. The number of hydrogen-bond donors (Lipinski definition) is 3. The summed E-state index contributed by atoms with van der Waals surface area (Å²) >= 11 is 0. The summed E-state index contributed by atoms with van der Waals surface area (Å²) in [5, 5.41) is 11.0. The maximum absolute atomic E-state index is 11.5. The number of carboxylic acid groups (broad SMARTS) is 1. The number of amides is 1. The van der Waals surface area contributed by atoms with Crippen LogP contribution in [0.5, 0.6) is 0 Å². The fourth-order valence-corrected chi connectivity index (χ4v) is 1.36. The number of carbonyl (C=O) groups is 2. The van der Waals surface area contributed by atoms with E-state index < -0.39 is 12.0 Å². The fraction of sp³-hybridized carbons (Fsp3) is 0.333. The molecule has 0 aliphatic rings. The second kappa shape index (κ2) is 6.00. The van der Waals surface area contributed by atoms with Gasteiger partial charge in [-0.15, -0.1) is 0 Å². The van der Waals surface area contributed by atoms with E-state index in [1.54, 1.807) is 0 Å². The maximum Gasteiger partial charge on any atom is 0.322 e. The molecule has 0 bridgehead atoms. The molecule has 0 fully saturated rings. The van der Waals surface area contributed by atoms with E-state index >= 15 is 0 Å². The number of aryl methyl sites for hydroxylation is 1. The molecule has 1 rings (SSSR count). The molecule has 1 atom stereocenters. The first-order chi connectivity index (χ1) is 8.00. The predicted molar refractivity (Wildman–Crippen MR) is 63.5 cm³/mol. The summed E-state index contributed by atoms with van der Waals surface area (Å²) in [5.41, 5.74) is 7.23. The third-order valence-corrected chi connectivity index (χ3v) is 2.45. The molecule has 1 aromatic carbocycles. The zero-order valence-corrected chi connectivity index (χ0v) is 9.64. The number of benzene rings is 1. The molecule has 0 saturated carbocycles. The molecular formula is C12H16N2O3. The number of nitrogens with one attached hydrogen (secondary N) is 1. The van der Waals surface area contributed by atoms with Gasteiger partial charge in [0.05, 0.1) is 6.42 Å². The number of aliphatic carboxylic acids is 1. The molecule has 0 aromatic heterocycles. The van der Waals surface area contributed by atoms with Crippen molar-refractivity contribution in [1.29, 1.82) is 0 Å². The zero-order valence-electron chi connectivity index (χ0n) is 9.64. The summed E-state index contributed by atoms with van der Waals surface area (Å²) < 4.78 is 0. The first kappa shape index (κ1) is 13.2. The molecule has 5 heteroatoms. The van der Waals surface area contributed by atoms with E-state index in [1.165, 1.54) is 0 Å². The normalized spacial score (nSPS) is 11.9. The lowest BCUT2D eigenvalue weighted by molar-refractivity contribution is -0.138. The molecule has 0 spiro atoms. The van der Waals surface area contributed by atoms with Gasteiger partial charge in [0.1, 0.15) is 6.04 Å². The van der Waals surface area contributed by atoms with E-state index in [4.69, 9.17) is 10.8 Å². The van der Waals surface area contributed by atoms with Gasteiger partial charge in [0.2, 0.25) is 5.91 Å². The number of carboxylic acids is 1. The van der Waals surface area contributed by atoms with Crippen molar-refractivity contribution < 1.29 is 14.7 Å². The predicted octanol–water partition coefficient (Wildman–Crippen LogP) is 0.0656. The molecule has 92 valence electrons. The molecule has 0 heterocycles. The van der Waals surface area contributed by atoms with E-state index in [0.29, 0.717) is 0 Å². The van der Waals surface area contributed by atoms with Crippen LogP contribution in [0.25, 0.3) is 0 Å². The van der Waals surface area contributed by atoms with Gasteiger partial charge in [0.25, 0.3) is 0 Å². The number of carbonyl (C=O) groups excluding carboxylic acids is 1. The van der Waals surface area contributed by atoms with Crippen LogP contribution in [0, 0.1) is 6.92 Å². The second-order valence-corrected chi connectivity index (χ2v) is 3.85. The molecule has 0 saturated heterocycles. The van der Waals surface area contributed by atoms with Crippen LogP contribution >= 0.6 is 0 Å². The molecule has 0 radical (unpaired) electrons. The van der Waals surface area contributed by atoms with Crippen molar-refractivity contribution in [1.82, 2.24) is 5.32 Å². The lowest BCUT2D eigenvalue weighted by Crippen LogP contribution is -2.42. The van der Waals surface area contributed by atoms with Gasteiger partial charge in [-0.3, -0.25) is 9.59 Å². The lowest BCUT2D eigenvalue weighted by Gasteiger charge is -2.09. The van der Waals surface area contributed by atoms with Gasteiger partial charge in [-0.1, -0.05) is 24.3 Å². The molecule has 0 aliphatic heterocycles. The first-order valence-electron chi connectivity index (χ1n) is 5.30. The van der Waals surface area contributed by atoms with Gasteiger partial charge in [-0.2, -0.15) is 0 Å². The van der Waals surface area contributed by atoms with E-state index in [9.17, 15) is 9.59 Å². The van der Waals surface area contributed by atoms with Crippen molar-refractivity contribution in [3.05, 3.63) is 35.4 Å². The summed E-state index contributed by atoms with van der Waals surface area (Å²) in [4.78, 5) is 22.0. The van der Waals surface area contributed by atoms with Gasteiger partial charge in [-0.25, -0.2) is 0 Å². The van der Waals surface area contributed by atoms with Gasteiger partial charge in [0, 0.05) is 6.54 Å². The Balaban J connectivity index is 2.46. The van der Waals surface area contributed by atoms with Crippen molar-refractivity contribution in [2.75, 3.05) is 6.54 Å². The summed E-state index contributed by atoms with van der Waals surface area (Å²) in [7, 11) is 0. The Morgan fingerprint density at radius 1 is 1.41 bits per heavy atom. The summed E-state index contributed by atoms with van der Waals surface area (Å²) in [6.45, 7) is 1.87. The van der Waals surface area contributed by atoms with Gasteiger partial charge < -0.3 is 16.2 Å². The smallest absolute Gasteiger partial charge is 0.322 e. The van der Waals surface area contributed by atoms with Crippen LogP contribution in [0.3, 0.4) is 0 Å². The second-order valence-electron chi connectivity index (χ2n) is 3.85. The van der Waals surface area contributed by atoms with E-state index in [-0.39, 0.29) is 18.9 Å². The quantitative estimate of drug-likeness (QED) is 0.674. The molecule has 5 nitrogen and oxygen atoms in total. The summed E-state index contributed by atoms with van der Waals surface area (Å²) in [6.07, 6.45) is 0.235. The first-order valence-corrected chi connectivity index (χ1v) is 5.30. The Hall–Kier alpha value is -1.88. The van der Waals surface area contributed by atoms with Crippen molar-refractivity contribution in [2.24, 2.45) is 5.73 Å². The minimum Gasteiger partial charge on any atom is -0.480 e. The number of rotatable bonds is 5. The standard InChI is InChI=1S/C12H16N2O3/c1-8-4-2-3-5-9(8)6-11(15)14-7-10(13)12(16)17/h2-5,10H,6-7,13H2,1H3,(H,14,15)(H,16,17)/t10-/m0/s1. The average Bonchev–Trinajstić information content (AvgIpc) is 2.29. The highest BCUT2D eigenvalue weighted by atomic mass is 16.4. The van der Waals surface area contributed by atoms with Crippen LogP contribution in [-0.2, 0) is 16.0 Å². The molecule has 0 aliphatic carbocycles. The Bertz CT molecular complexity index is 418. The fourth-order valence-electron chi connectivity index (χ4n) is 1.36. The highest BCUT2D eigenvalue weighted by Crippen LogP contribution is 2.07. The van der Waals surface area contributed by atoms with Crippen LogP contribution in [0.1, 0.15) is 11.1 Å². The van der Waals surface area contributed by atoms with Crippen LogP contribution in [0.4, 0.5) is 0 Å². The Kier molecular flexibility index (Phi) is 4.66. The minimum absolute atomic E-state index is 0.0555. The molecule has 0 unspecified atom stereocenters. The van der Waals surface area contributed by atoms with E-state index in [2.05, 4.69) is 5.32 Å². The van der Waals surface area contributed by atoms with Crippen LogP contribution in [0.2, 0.25) is 0 Å². The van der Waals surface area contributed by atoms with Crippen LogP contribution < -0.4 is 11.1 Å². The summed E-state index contributed by atoms with van der Waals surface area (Å²) in [6, 6.07) is 6.49. The van der Waals surface area contributed by atoms with Crippen molar-refractivity contribution in [3.63, 3.8) is 0 Å². The van der Waals surface area contributed by atoms with Gasteiger partial charge >= 0.3 is 5.97 Å². The summed E-state index contributed by atoms with van der Waals surface area (Å²) in [5.74, 6) is -1.35. The SMILES string of the molecule is Cc1ccccc1CC(=O)NC[C@H](N)C(=O)O. The molecule has 4 N–H and O–H groups in total. The molecule has 1 amide bonds. The minimum atomic E-state index is -1.12. The zero-order chi connectivity index (χ0) is 12.8. The van der Waals surface area contributed by atoms with Crippen molar-refractivity contribution in [2.45, 2.75) is 19.4 Å². The molecule has 17 heavy (non-hydrogen) atoms. The number of nitrogens with two attached hydrogens (primary N) is 1. The average molecular weight is 236 g/mol. The maximum atomic E-state index is 11.5. The Labute approximate surface area is 99.6 Å². The van der Waals surface area contributed by atoms with Crippen molar-refractivity contribution in [3.8, 4) is 0 Å². The highest BCUT2D eigenvalue weighted by Gasteiger charge is 2.13.